The predicted octanol–water partition coefficient (Wildman–Crippen LogP) is 4.84. The molecule has 0 aliphatic heterocycles. The van der Waals surface area contributed by atoms with Crippen molar-refractivity contribution in [3.63, 3.8) is 0 Å². The molecule has 0 spiro atoms. The summed E-state index contributed by atoms with van der Waals surface area (Å²) in [4.78, 5) is 0. The summed E-state index contributed by atoms with van der Waals surface area (Å²) in [5.41, 5.74) is 3.05. The van der Waals surface area contributed by atoms with E-state index in [4.69, 9.17) is 0 Å². The van der Waals surface area contributed by atoms with Crippen molar-refractivity contribution in [2.24, 2.45) is 5.41 Å². The summed E-state index contributed by atoms with van der Waals surface area (Å²) in [5.74, 6) is 0.331. The summed E-state index contributed by atoms with van der Waals surface area (Å²) >= 11 is 0. The maximum atomic E-state index is 9.52. The Kier molecular flexibility index (Phi) is 4.83. The molecule has 1 atom stereocenters. The monoisotopic (exact) mass is 247 g/mol. The van der Waals surface area contributed by atoms with Crippen LogP contribution >= 0.6 is 0 Å². The molecule has 0 saturated carbocycles. The quantitative estimate of drug-likeness (QED) is 0.705. The van der Waals surface area contributed by atoms with E-state index in [2.05, 4.69) is 32.7 Å². The largest absolute Gasteiger partial charge is 0.508 e. The molecule has 0 aromatic heterocycles. The first-order chi connectivity index (χ1) is 8.42. The standard InChI is InChI=1S/C16H25NO/c1-6-10-16(5,7-2)13(4)17-14-8-9-15(18)12(3)11-14/h8-9,11,17-18H,4,6-7,10H2,1-3,5H3. The van der Waals surface area contributed by atoms with Crippen LogP contribution in [0.3, 0.4) is 0 Å². The van der Waals surface area contributed by atoms with E-state index < -0.39 is 0 Å². The fraction of sp³-hybridized carbons (Fsp3) is 0.500. The van der Waals surface area contributed by atoms with Gasteiger partial charge in [0.2, 0.25) is 0 Å². The molecule has 0 aliphatic carbocycles. The molecule has 0 fully saturated rings. The number of hydrogen-bond donors (Lipinski definition) is 2. The van der Waals surface area contributed by atoms with Crippen LogP contribution in [0.1, 0.15) is 45.6 Å². The minimum atomic E-state index is 0.126. The molecule has 2 N–H and O–H groups in total. The number of phenols is 1. The van der Waals surface area contributed by atoms with Gasteiger partial charge < -0.3 is 10.4 Å². The van der Waals surface area contributed by atoms with E-state index in [1.165, 1.54) is 0 Å². The molecule has 1 aromatic carbocycles. The first kappa shape index (κ1) is 14.6. The summed E-state index contributed by atoms with van der Waals surface area (Å²) in [6, 6.07) is 5.55. The number of aromatic hydroxyl groups is 1. The van der Waals surface area contributed by atoms with Crippen molar-refractivity contribution in [1.29, 1.82) is 0 Å². The molecule has 2 heteroatoms. The van der Waals surface area contributed by atoms with Gasteiger partial charge in [-0.15, -0.1) is 0 Å². The number of rotatable bonds is 6. The second kappa shape index (κ2) is 5.94. The summed E-state index contributed by atoms with van der Waals surface area (Å²) < 4.78 is 0. The normalized spacial score (nSPS) is 14.0. The fourth-order valence-electron chi connectivity index (χ4n) is 2.15. The molecule has 0 amide bonds. The number of anilines is 1. The van der Waals surface area contributed by atoms with E-state index in [1.54, 1.807) is 6.07 Å². The zero-order valence-electron chi connectivity index (χ0n) is 12.0. The molecule has 0 saturated heterocycles. The van der Waals surface area contributed by atoms with Crippen LogP contribution in [0.2, 0.25) is 0 Å². The van der Waals surface area contributed by atoms with Crippen molar-refractivity contribution in [3.8, 4) is 5.75 Å². The lowest BCUT2D eigenvalue weighted by molar-refractivity contribution is 0.350. The SMILES string of the molecule is C=C(Nc1ccc(O)c(C)c1)C(C)(CC)CCC. The molecule has 0 bridgehead atoms. The predicted molar refractivity (Wildman–Crippen MR) is 78.9 cm³/mol. The number of benzene rings is 1. The van der Waals surface area contributed by atoms with E-state index in [-0.39, 0.29) is 5.41 Å². The average molecular weight is 247 g/mol. The van der Waals surface area contributed by atoms with Crippen LogP contribution < -0.4 is 5.32 Å². The van der Waals surface area contributed by atoms with Crippen molar-refractivity contribution >= 4 is 5.69 Å². The Hall–Kier alpha value is -1.44. The van der Waals surface area contributed by atoms with Gasteiger partial charge >= 0.3 is 0 Å². The van der Waals surface area contributed by atoms with Gasteiger partial charge in [-0.2, -0.15) is 0 Å². The smallest absolute Gasteiger partial charge is 0.118 e. The van der Waals surface area contributed by atoms with Crippen molar-refractivity contribution < 1.29 is 5.11 Å². The Bertz CT molecular complexity index is 425. The van der Waals surface area contributed by atoms with Crippen LogP contribution in [0.4, 0.5) is 5.69 Å². The van der Waals surface area contributed by atoms with Crippen LogP contribution in [-0.4, -0.2) is 5.11 Å². The van der Waals surface area contributed by atoms with Crippen molar-refractivity contribution in [3.05, 3.63) is 36.0 Å². The summed E-state index contributed by atoms with van der Waals surface area (Å²) in [6.07, 6.45) is 3.36. The van der Waals surface area contributed by atoms with Gasteiger partial charge in [0.05, 0.1) is 0 Å². The third kappa shape index (κ3) is 3.28. The van der Waals surface area contributed by atoms with Gasteiger partial charge in [0.25, 0.3) is 0 Å². The summed E-state index contributed by atoms with van der Waals surface area (Å²) in [7, 11) is 0. The highest BCUT2D eigenvalue weighted by molar-refractivity contribution is 5.54. The highest BCUT2D eigenvalue weighted by atomic mass is 16.3. The first-order valence-electron chi connectivity index (χ1n) is 6.69. The first-order valence-corrected chi connectivity index (χ1v) is 6.69. The van der Waals surface area contributed by atoms with E-state index in [0.717, 1.165) is 36.2 Å². The minimum Gasteiger partial charge on any atom is -0.508 e. The maximum Gasteiger partial charge on any atom is 0.118 e. The molecular formula is C16H25NO. The molecule has 0 heterocycles. The molecule has 100 valence electrons. The summed E-state index contributed by atoms with van der Waals surface area (Å²) in [5, 5.41) is 12.9. The van der Waals surface area contributed by atoms with Crippen molar-refractivity contribution in [2.45, 2.75) is 47.0 Å². The van der Waals surface area contributed by atoms with Crippen molar-refractivity contribution in [2.75, 3.05) is 5.32 Å². The zero-order valence-corrected chi connectivity index (χ0v) is 12.0. The minimum absolute atomic E-state index is 0.126. The Labute approximate surface area is 111 Å². The molecule has 1 rings (SSSR count). The highest BCUT2D eigenvalue weighted by Gasteiger charge is 2.24. The lowest BCUT2D eigenvalue weighted by Crippen LogP contribution is -2.22. The molecule has 18 heavy (non-hydrogen) atoms. The topological polar surface area (TPSA) is 32.3 Å². The molecule has 1 unspecified atom stereocenters. The Balaban J connectivity index is 2.83. The van der Waals surface area contributed by atoms with Gasteiger partial charge in [-0.25, -0.2) is 0 Å². The third-order valence-corrected chi connectivity index (χ3v) is 3.80. The number of nitrogens with one attached hydrogen (secondary N) is 1. The van der Waals surface area contributed by atoms with Crippen LogP contribution in [0, 0.1) is 12.3 Å². The Morgan fingerprint density at radius 3 is 2.56 bits per heavy atom. The second-order valence-corrected chi connectivity index (χ2v) is 5.27. The second-order valence-electron chi connectivity index (χ2n) is 5.27. The maximum absolute atomic E-state index is 9.52. The van der Waals surface area contributed by atoms with Gasteiger partial charge in [-0.3, -0.25) is 0 Å². The highest BCUT2D eigenvalue weighted by Crippen LogP contribution is 2.35. The lowest BCUT2D eigenvalue weighted by atomic mass is 9.80. The molecule has 2 nitrogen and oxygen atoms in total. The molecule has 0 aliphatic rings. The van der Waals surface area contributed by atoms with E-state index in [1.807, 2.05) is 19.1 Å². The number of allylic oxidation sites excluding steroid dienone is 1. The number of hydrogen-bond acceptors (Lipinski definition) is 2. The third-order valence-electron chi connectivity index (χ3n) is 3.80. The Morgan fingerprint density at radius 2 is 2.06 bits per heavy atom. The summed E-state index contributed by atoms with van der Waals surface area (Å²) in [6.45, 7) is 12.7. The molecular weight excluding hydrogens is 222 g/mol. The Morgan fingerprint density at radius 1 is 1.39 bits per heavy atom. The van der Waals surface area contributed by atoms with Crippen LogP contribution in [0.5, 0.6) is 5.75 Å². The van der Waals surface area contributed by atoms with Gasteiger partial charge in [-0.05, 0) is 43.5 Å². The van der Waals surface area contributed by atoms with Crippen LogP contribution in [0.15, 0.2) is 30.5 Å². The number of phenolic OH excluding ortho intramolecular Hbond substituents is 1. The van der Waals surface area contributed by atoms with Crippen LogP contribution in [-0.2, 0) is 0 Å². The molecule has 0 radical (unpaired) electrons. The van der Waals surface area contributed by atoms with Crippen LogP contribution in [0.25, 0.3) is 0 Å². The van der Waals surface area contributed by atoms with Crippen molar-refractivity contribution in [1.82, 2.24) is 0 Å². The average Bonchev–Trinajstić information content (AvgIpc) is 2.34. The van der Waals surface area contributed by atoms with Gasteiger partial charge in [-0.1, -0.05) is 33.8 Å². The van der Waals surface area contributed by atoms with Gasteiger partial charge in [0.1, 0.15) is 5.75 Å². The van der Waals surface area contributed by atoms with E-state index >= 15 is 0 Å². The molecule has 1 aromatic rings. The van der Waals surface area contributed by atoms with E-state index in [0.29, 0.717) is 5.75 Å². The zero-order chi connectivity index (χ0) is 13.8. The lowest BCUT2D eigenvalue weighted by Gasteiger charge is -2.31. The number of aryl methyl sites for hydroxylation is 1. The van der Waals surface area contributed by atoms with E-state index in [9.17, 15) is 5.11 Å². The van der Waals surface area contributed by atoms with Gasteiger partial charge in [0, 0.05) is 16.8 Å². The fourth-order valence-corrected chi connectivity index (χ4v) is 2.15. The van der Waals surface area contributed by atoms with Gasteiger partial charge in [0.15, 0.2) is 0 Å².